The van der Waals surface area contributed by atoms with Crippen molar-refractivity contribution in [1.29, 1.82) is 0 Å². The lowest BCUT2D eigenvalue weighted by atomic mass is 10.1. The highest BCUT2D eigenvalue weighted by Crippen LogP contribution is 2.47. The first kappa shape index (κ1) is 27.7. The van der Waals surface area contributed by atoms with Crippen LogP contribution in [0.3, 0.4) is 0 Å². The number of alkyl halides is 9. The molecule has 0 aliphatic carbocycles. The van der Waals surface area contributed by atoms with Crippen LogP contribution in [-0.2, 0) is 9.53 Å². The standard InChI is InChI=1S/C15H23F9N2O3/c1-12(16,14(20,21)22)15(23,24)29-10(13(17,18)19)11(28)25-6-4-7-26(2,3)8-5-9-27/h10,27H,4-9H2,1-3H3/p+1. The number of ether oxygens (including phenoxy) is 1. The van der Waals surface area contributed by atoms with Crippen LogP contribution < -0.4 is 5.32 Å². The van der Waals surface area contributed by atoms with Crippen molar-refractivity contribution in [3.05, 3.63) is 0 Å². The van der Waals surface area contributed by atoms with Gasteiger partial charge >= 0.3 is 18.5 Å². The molecule has 2 unspecified atom stereocenters. The number of quaternary nitrogens is 1. The molecule has 0 aliphatic rings. The molecule has 0 saturated carbocycles. The van der Waals surface area contributed by atoms with Gasteiger partial charge in [-0.25, -0.2) is 4.39 Å². The summed E-state index contributed by atoms with van der Waals surface area (Å²) in [6.45, 7) is -0.358. The van der Waals surface area contributed by atoms with Crippen LogP contribution in [-0.4, -0.2) is 86.1 Å². The molecule has 0 spiro atoms. The van der Waals surface area contributed by atoms with Crippen molar-refractivity contribution in [2.24, 2.45) is 0 Å². The van der Waals surface area contributed by atoms with Crippen molar-refractivity contribution in [3.8, 4) is 0 Å². The van der Waals surface area contributed by atoms with E-state index < -0.39 is 49.6 Å². The first-order chi connectivity index (χ1) is 12.8. The van der Waals surface area contributed by atoms with Gasteiger partial charge in [-0.15, -0.1) is 0 Å². The number of carbonyl (C=O) groups is 1. The highest BCUT2D eigenvalue weighted by molar-refractivity contribution is 5.81. The first-order valence-electron chi connectivity index (χ1n) is 8.37. The van der Waals surface area contributed by atoms with Crippen LogP contribution in [0.5, 0.6) is 0 Å². The van der Waals surface area contributed by atoms with E-state index in [0.717, 1.165) is 0 Å². The number of aliphatic hydroxyl groups is 1. The highest BCUT2D eigenvalue weighted by atomic mass is 19.4. The maximum atomic E-state index is 13.5. The Morgan fingerprint density at radius 1 is 1.00 bits per heavy atom. The van der Waals surface area contributed by atoms with Crippen molar-refractivity contribution >= 4 is 5.91 Å². The molecule has 0 aromatic carbocycles. The molecule has 0 rings (SSSR count). The van der Waals surface area contributed by atoms with Gasteiger partial charge < -0.3 is 14.9 Å². The molecule has 0 fully saturated rings. The monoisotopic (exact) mass is 451 g/mol. The van der Waals surface area contributed by atoms with Gasteiger partial charge in [0.25, 0.3) is 11.6 Å². The van der Waals surface area contributed by atoms with Crippen LogP contribution in [0.15, 0.2) is 0 Å². The minimum Gasteiger partial charge on any atom is -0.396 e. The fraction of sp³-hybridized carbons (Fsp3) is 0.933. The number of aliphatic hydroxyl groups excluding tert-OH is 1. The number of rotatable bonds is 11. The van der Waals surface area contributed by atoms with Gasteiger partial charge in [0.1, 0.15) is 0 Å². The molecule has 29 heavy (non-hydrogen) atoms. The van der Waals surface area contributed by atoms with E-state index in [2.05, 4.69) is 4.74 Å². The third kappa shape index (κ3) is 8.16. The topological polar surface area (TPSA) is 58.6 Å². The Morgan fingerprint density at radius 2 is 1.48 bits per heavy atom. The van der Waals surface area contributed by atoms with Crippen LogP contribution >= 0.6 is 0 Å². The lowest BCUT2D eigenvalue weighted by Gasteiger charge is -2.34. The summed E-state index contributed by atoms with van der Waals surface area (Å²) in [5.41, 5.74) is -5.46. The summed E-state index contributed by atoms with van der Waals surface area (Å²) in [4.78, 5) is 11.6. The van der Waals surface area contributed by atoms with E-state index in [0.29, 0.717) is 24.0 Å². The van der Waals surface area contributed by atoms with Gasteiger partial charge in [0.15, 0.2) is 0 Å². The van der Waals surface area contributed by atoms with E-state index in [1.165, 1.54) is 0 Å². The molecule has 0 saturated heterocycles. The van der Waals surface area contributed by atoms with Gasteiger partial charge in [-0.05, 0) is 6.92 Å². The van der Waals surface area contributed by atoms with Gasteiger partial charge in [-0.2, -0.15) is 35.1 Å². The molecule has 0 heterocycles. The van der Waals surface area contributed by atoms with Crippen molar-refractivity contribution < 1.29 is 58.6 Å². The Balaban J connectivity index is 5.07. The number of carbonyl (C=O) groups excluding carboxylic acids is 1. The van der Waals surface area contributed by atoms with Crippen LogP contribution in [0.25, 0.3) is 0 Å². The molecular formula is C15H24F9N2O3+. The Labute approximate surface area is 161 Å². The van der Waals surface area contributed by atoms with E-state index in [1.807, 2.05) is 0 Å². The lowest BCUT2D eigenvalue weighted by molar-refractivity contribution is -0.890. The number of nitrogens with zero attached hydrogens (tertiary/aromatic N) is 1. The molecule has 5 nitrogen and oxygen atoms in total. The van der Waals surface area contributed by atoms with Gasteiger partial charge in [-0.3, -0.25) is 9.53 Å². The summed E-state index contributed by atoms with van der Waals surface area (Å²) < 4.78 is 120. The van der Waals surface area contributed by atoms with Crippen molar-refractivity contribution in [3.63, 3.8) is 0 Å². The predicted octanol–water partition coefficient (Wildman–Crippen LogP) is 2.78. The molecule has 174 valence electrons. The second-order valence-electron chi connectivity index (χ2n) is 7.16. The summed E-state index contributed by atoms with van der Waals surface area (Å²) >= 11 is 0. The van der Waals surface area contributed by atoms with Crippen LogP contribution in [0.4, 0.5) is 39.5 Å². The molecule has 0 aromatic heterocycles. The number of hydrogen-bond donors (Lipinski definition) is 2. The Bertz CT molecular complexity index is 534. The SMILES string of the molecule is CC(F)(C(F)(F)F)C(F)(F)OC(C(=O)NCCC[N+](C)(C)CCCO)C(F)(F)F. The normalized spacial score (nSPS) is 17.0. The van der Waals surface area contributed by atoms with Crippen molar-refractivity contribution in [1.82, 2.24) is 5.32 Å². The lowest BCUT2D eigenvalue weighted by Crippen LogP contribution is -2.59. The van der Waals surface area contributed by atoms with Gasteiger partial charge in [-0.1, -0.05) is 0 Å². The average Bonchev–Trinajstić information content (AvgIpc) is 2.52. The van der Waals surface area contributed by atoms with E-state index >= 15 is 0 Å². The quantitative estimate of drug-likeness (QED) is 0.289. The number of hydrogen-bond acceptors (Lipinski definition) is 3. The van der Waals surface area contributed by atoms with Crippen molar-refractivity contribution in [2.75, 3.05) is 40.3 Å². The summed E-state index contributed by atoms with van der Waals surface area (Å²) in [6, 6.07) is 0. The summed E-state index contributed by atoms with van der Waals surface area (Å²) in [7, 11) is 3.47. The zero-order valence-corrected chi connectivity index (χ0v) is 15.9. The molecule has 14 heteroatoms. The van der Waals surface area contributed by atoms with Crippen LogP contribution in [0.1, 0.15) is 19.8 Å². The largest absolute Gasteiger partial charge is 0.430 e. The predicted molar refractivity (Wildman–Crippen MR) is 82.6 cm³/mol. The number of nitrogens with one attached hydrogen (secondary N) is 1. The second kappa shape index (κ2) is 9.69. The van der Waals surface area contributed by atoms with Crippen LogP contribution in [0, 0.1) is 0 Å². The Hall–Kier alpha value is -1.28. The van der Waals surface area contributed by atoms with E-state index in [1.54, 1.807) is 19.4 Å². The summed E-state index contributed by atoms with van der Waals surface area (Å²) in [5.74, 6) is -2.17. The molecule has 0 aliphatic heterocycles. The van der Waals surface area contributed by atoms with E-state index in [-0.39, 0.29) is 13.0 Å². The fourth-order valence-electron chi connectivity index (χ4n) is 2.11. The molecule has 0 bridgehead atoms. The van der Waals surface area contributed by atoms with Gasteiger partial charge in [0, 0.05) is 26.0 Å². The van der Waals surface area contributed by atoms with E-state index in [4.69, 9.17) is 5.11 Å². The molecule has 1 amide bonds. The van der Waals surface area contributed by atoms with Crippen molar-refractivity contribution in [2.45, 2.75) is 50.0 Å². The zero-order valence-electron chi connectivity index (χ0n) is 15.9. The zero-order chi connectivity index (χ0) is 23.3. The first-order valence-corrected chi connectivity index (χ1v) is 8.37. The Kier molecular flexibility index (Phi) is 9.26. The molecular weight excluding hydrogens is 427 g/mol. The highest BCUT2D eigenvalue weighted by Gasteiger charge is 2.71. The maximum Gasteiger partial charge on any atom is 0.430 e. The average molecular weight is 451 g/mol. The Morgan fingerprint density at radius 3 is 1.90 bits per heavy atom. The third-order valence-corrected chi connectivity index (χ3v) is 4.04. The molecule has 0 radical (unpaired) electrons. The fourth-order valence-corrected chi connectivity index (χ4v) is 2.11. The molecule has 2 N–H and O–H groups in total. The van der Waals surface area contributed by atoms with Gasteiger partial charge in [0.05, 0.1) is 27.2 Å². The minimum absolute atomic E-state index is 0.0807. The maximum absolute atomic E-state index is 13.5. The summed E-state index contributed by atoms with van der Waals surface area (Å²) in [5, 5.41) is 10.4. The van der Waals surface area contributed by atoms with Crippen LogP contribution in [0.2, 0.25) is 0 Å². The van der Waals surface area contributed by atoms with Gasteiger partial charge in [0.2, 0.25) is 6.10 Å². The third-order valence-electron chi connectivity index (χ3n) is 4.04. The summed E-state index contributed by atoms with van der Waals surface area (Å²) in [6.07, 6.45) is -21.5. The molecule has 0 aromatic rings. The smallest absolute Gasteiger partial charge is 0.396 e. The molecule has 2 atom stereocenters. The minimum atomic E-state index is -6.25. The van der Waals surface area contributed by atoms with E-state index in [9.17, 15) is 44.3 Å². The second-order valence-corrected chi connectivity index (χ2v) is 7.16. The number of amides is 1. The number of halogens is 9.